The summed E-state index contributed by atoms with van der Waals surface area (Å²) in [5.41, 5.74) is 2.89. The molecule has 190 valence electrons. The molecular formula is C26H28ClFN4O4. The molecule has 0 unspecified atom stereocenters. The normalized spacial score (nSPS) is 11.2. The average molecular weight is 515 g/mol. The number of aromatic nitrogens is 2. The van der Waals surface area contributed by atoms with E-state index in [-0.39, 0.29) is 17.0 Å². The van der Waals surface area contributed by atoms with E-state index in [0.717, 1.165) is 16.7 Å². The molecule has 0 atom stereocenters. The predicted octanol–water partition coefficient (Wildman–Crippen LogP) is 5.33. The van der Waals surface area contributed by atoms with Crippen LogP contribution >= 0.6 is 11.6 Å². The van der Waals surface area contributed by atoms with Crippen LogP contribution in [0.4, 0.5) is 21.8 Å². The first-order chi connectivity index (χ1) is 17.4. The third-order valence-corrected chi connectivity index (χ3v) is 5.23. The number of hydrogen-bond donors (Lipinski definition) is 2. The van der Waals surface area contributed by atoms with Crippen molar-refractivity contribution in [2.45, 2.75) is 13.0 Å². The lowest BCUT2D eigenvalue weighted by molar-refractivity contribution is -0.137. The molecule has 0 fully saturated rings. The molecule has 0 amide bonds. The minimum atomic E-state index is -0.514. The van der Waals surface area contributed by atoms with Gasteiger partial charge in [0.05, 0.1) is 30.9 Å². The van der Waals surface area contributed by atoms with Crippen molar-refractivity contribution in [3.05, 3.63) is 71.1 Å². The van der Waals surface area contributed by atoms with Gasteiger partial charge in [0.2, 0.25) is 5.95 Å². The van der Waals surface area contributed by atoms with E-state index in [1.807, 2.05) is 24.3 Å². The third-order valence-electron chi connectivity index (χ3n) is 4.94. The minimum Gasteiger partial charge on any atom is -0.463 e. The van der Waals surface area contributed by atoms with Gasteiger partial charge in [-0.15, -0.1) is 0 Å². The van der Waals surface area contributed by atoms with Gasteiger partial charge in [-0.05, 0) is 48.4 Å². The number of anilines is 3. The molecule has 0 spiro atoms. The van der Waals surface area contributed by atoms with Crippen LogP contribution in [0.5, 0.6) is 0 Å². The van der Waals surface area contributed by atoms with Gasteiger partial charge in [0.1, 0.15) is 11.6 Å². The molecule has 0 aliphatic carbocycles. The van der Waals surface area contributed by atoms with Crippen molar-refractivity contribution in [1.82, 2.24) is 9.97 Å². The zero-order valence-electron chi connectivity index (χ0n) is 20.3. The number of ether oxygens (including phenoxy) is 3. The molecule has 2 aromatic carbocycles. The first kappa shape index (κ1) is 27.1. The van der Waals surface area contributed by atoms with Gasteiger partial charge < -0.3 is 24.8 Å². The van der Waals surface area contributed by atoms with Crippen LogP contribution in [0.15, 0.2) is 54.7 Å². The maximum atomic E-state index is 13.5. The van der Waals surface area contributed by atoms with E-state index in [2.05, 4.69) is 20.6 Å². The van der Waals surface area contributed by atoms with Crippen LogP contribution in [-0.2, 0) is 19.0 Å². The SMILES string of the molecule is CCOC(=O)/C=C/c1cccc(-c2cnc(Nc3ccc(F)c(Cl)c3)nc2NC(COC)COC)c1. The molecule has 1 aromatic heterocycles. The van der Waals surface area contributed by atoms with E-state index in [4.69, 9.17) is 25.8 Å². The summed E-state index contributed by atoms with van der Waals surface area (Å²) in [6, 6.07) is 11.7. The summed E-state index contributed by atoms with van der Waals surface area (Å²) in [6.07, 6.45) is 4.74. The Kier molecular flexibility index (Phi) is 10.2. The van der Waals surface area contributed by atoms with Crippen molar-refractivity contribution in [2.24, 2.45) is 0 Å². The van der Waals surface area contributed by atoms with E-state index in [1.54, 1.807) is 39.5 Å². The lowest BCUT2D eigenvalue weighted by Gasteiger charge is -2.20. The highest BCUT2D eigenvalue weighted by molar-refractivity contribution is 6.31. The quantitative estimate of drug-likeness (QED) is 0.247. The largest absolute Gasteiger partial charge is 0.463 e. The molecule has 0 bridgehead atoms. The van der Waals surface area contributed by atoms with Crippen molar-refractivity contribution in [1.29, 1.82) is 0 Å². The van der Waals surface area contributed by atoms with Gasteiger partial charge in [-0.2, -0.15) is 4.98 Å². The van der Waals surface area contributed by atoms with Crippen LogP contribution in [0.2, 0.25) is 5.02 Å². The number of carbonyl (C=O) groups excluding carboxylic acids is 1. The van der Waals surface area contributed by atoms with Crippen LogP contribution in [0.25, 0.3) is 17.2 Å². The topological polar surface area (TPSA) is 94.6 Å². The highest BCUT2D eigenvalue weighted by Gasteiger charge is 2.16. The van der Waals surface area contributed by atoms with Gasteiger partial charge in [-0.25, -0.2) is 14.2 Å². The number of halogens is 2. The lowest BCUT2D eigenvalue weighted by Crippen LogP contribution is -2.30. The van der Waals surface area contributed by atoms with Crippen LogP contribution in [0.1, 0.15) is 12.5 Å². The van der Waals surface area contributed by atoms with Crippen LogP contribution in [-0.4, -0.2) is 56.0 Å². The second-order valence-electron chi connectivity index (χ2n) is 7.67. The summed E-state index contributed by atoms with van der Waals surface area (Å²) in [5, 5.41) is 6.40. The molecule has 2 N–H and O–H groups in total. The zero-order chi connectivity index (χ0) is 25.9. The maximum Gasteiger partial charge on any atom is 0.330 e. The molecule has 0 radical (unpaired) electrons. The first-order valence-corrected chi connectivity index (χ1v) is 11.6. The number of benzene rings is 2. The Morgan fingerprint density at radius 1 is 1.17 bits per heavy atom. The van der Waals surface area contributed by atoms with E-state index in [0.29, 0.717) is 31.3 Å². The lowest BCUT2D eigenvalue weighted by atomic mass is 10.0. The van der Waals surface area contributed by atoms with Crippen molar-refractivity contribution < 1.29 is 23.4 Å². The molecule has 0 aliphatic rings. The number of carbonyl (C=O) groups is 1. The second-order valence-corrected chi connectivity index (χ2v) is 8.08. The molecule has 3 rings (SSSR count). The summed E-state index contributed by atoms with van der Waals surface area (Å²) < 4.78 is 29.1. The average Bonchev–Trinajstić information content (AvgIpc) is 2.86. The molecular weight excluding hydrogens is 487 g/mol. The van der Waals surface area contributed by atoms with Gasteiger partial charge in [0.15, 0.2) is 0 Å². The predicted molar refractivity (Wildman–Crippen MR) is 139 cm³/mol. The maximum absolute atomic E-state index is 13.5. The molecule has 0 saturated carbocycles. The number of nitrogens with zero attached hydrogens (tertiary/aromatic N) is 2. The molecule has 1 heterocycles. The molecule has 0 aliphatic heterocycles. The Labute approximate surface area is 214 Å². The van der Waals surface area contributed by atoms with Crippen molar-refractivity contribution >= 4 is 41.1 Å². The molecule has 3 aromatic rings. The highest BCUT2D eigenvalue weighted by Crippen LogP contribution is 2.30. The van der Waals surface area contributed by atoms with Crippen LogP contribution in [0.3, 0.4) is 0 Å². The standard InChI is InChI=1S/C26H28ClFN4O4/c1-4-36-24(33)11-8-17-6-5-7-18(12-17)21-14-29-26(31-19-9-10-23(28)22(27)13-19)32-25(21)30-20(15-34-2)16-35-3/h5-14,20H,4,15-16H2,1-3H3,(H2,29,30,31,32)/b11-8+. The van der Waals surface area contributed by atoms with Crippen LogP contribution < -0.4 is 10.6 Å². The number of rotatable bonds is 12. The smallest absolute Gasteiger partial charge is 0.330 e. The summed E-state index contributed by atoms with van der Waals surface area (Å²) in [6.45, 7) is 2.83. The fraction of sp³-hybridized carbons (Fsp3) is 0.269. The van der Waals surface area contributed by atoms with Gasteiger partial charge in [-0.3, -0.25) is 0 Å². The minimum absolute atomic E-state index is 0.0112. The monoisotopic (exact) mass is 514 g/mol. The Morgan fingerprint density at radius 3 is 2.64 bits per heavy atom. The van der Waals surface area contributed by atoms with E-state index in [1.165, 1.54) is 18.2 Å². The van der Waals surface area contributed by atoms with E-state index < -0.39 is 11.8 Å². The van der Waals surface area contributed by atoms with Crippen molar-refractivity contribution in [2.75, 3.05) is 44.7 Å². The highest BCUT2D eigenvalue weighted by atomic mass is 35.5. The number of hydrogen-bond acceptors (Lipinski definition) is 8. The Bertz CT molecular complexity index is 1200. The number of esters is 1. The molecule has 36 heavy (non-hydrogen) atoms. The van der Waals surface area contributed by atoms with Gasteiger partial charge in [0, 0.05) is 37.7 Å². The fourth-order valence-corrected chi connectivity index (χ4v) is 3.54. The Balaban J connectivity index is 1.96. The van der Waals surface area contributed by atoms with Gasteiger partial charge in [0.25, 0.3) is 0 Å². The molecule has 0 saturated heterocycles. The fourth-order valence-electron chi connectivity index (χ4n) is 3.36. The Morgan fingerprint density at radius 2 is 1.94 bits per heavy atom. The molecule has 10 heteroatoms. The van der Waals surface area contributed by atoms with Crippen molar-refractivity contribution in [3.8, 4) is 11.1 Å². The summed E-state index contributed by atoms with van der Waals surface area (Å²) in [7, 11) is 3.21. The van der Waals surface area contributed by atoms with E-state index in [9.17, 15) is 9.18 Å². The zero-order valence-corrected chi connectivity index (χ0v) is 21.0. The first-order valence-electron chi connectivity index (χ1n) is 11.2. The van der Waals surface area contributed by atoms with Crippen LogP contribution in [0, 0.1) is 5.82 Å². The second kappa shape index (κ2) is 13.5. The summed E-state index contributed by atoms with van der Waals surface area (Å²) in [4.78, 5) is 20.8. The number of methoxy groups -OCH3 is 2. The summed E-state index contributed by atoms with van der Waals surface area (Å²) >= 11 is 5.90. The third kappa shape index (κ3) is 7.74. The van der Waals surface area contributed by atoms with Gasteiger partial charge >= 0.3 is 5.97 Å². The van der Waals surface area contributed by atoms with Gasteiger partial charge in [-0.1, -0.05) is 29.8 Å². The van der Waals surface area contributed by atoms with E-state index >= 15 is 0 Å². The molecule has 8 nitrogen and oxygen atoms in total. The Hall–Kier alpha value is -3.53. The van der Waals surface area contributed by atoms with Crippen molar-refractivity contribution in [3.63, 3.8) is 0 Å². The summed E-state index contributed by atoms with van der Waals surface area (Å²) in [5.74, 6) is -0.103. The number of nitrogens with one attached hydrogen (secondary N) is 2.